The van der Waals surface area contributed by atoms with Crippen LogP contribution in [0.5, 0.6) is 0 Å². The lowest BCUT2D eigenvalue weighted by Gasteiger charge is -2.07. The third kappa shape index (κ3) is 3.62. The molecule has 0 aliphatic rings. The summed E-state index contributed by atoms with van der Waals surface area (Å²) in [5.74, 6) is 0.896. The number of fused-ring (bicyclic) bond motifs is 1. The standard InChI is InChI=1S/C17H20N4OS2/c1-11-6-4-7-13-10-14(21(3)15(11)13)16(22)18-8-5-9-23-17-20-19-12(2)24-17/h4,6-7,10H,5,8-9H2,1-3H3,(H,18,22). The van der Waals surface area contributed by atoms with E-state index in [1.54, 1.807) is 23.1 Å². The van der Waals surface area contributed by atoms with Crippen LogP contribution in [0.4, 0.5) is 0 Å². The molecular formula is C17H20N4OS2. The van der Waals surface area contributed by atoms with Crippen molar-refractivity contribution in [1.82, 2.24) is 20.1 Å². The number of carbonyl (C=O) groups is 1. The maximum atomic E-state index is 12.4. The smallest absolute Gasteiger partial charge is 0.267 e. The molecule has 0 fully saturated rings. The molecule has 0 aliphatic heterocycles. The number of aryl methyl sites for hydroxylation is 3. The number of amides is 1. The summed E-state index contributed by atoms with van der Waals surface area (Å²) in [6, 6.07) is 8.08. The number of rotatable bonds is 6. The Morgan fingerprint density at radius 1 is 1.33 bits per heavy atom. The predicted octanol–water partition coefficient (Wildman–Crippen LogP) is 3.56. The van der Waals surface area contributed by atoms with E-state index >= 15 is 0 Å². The number of nitrogens with one attached hydrogen (secondary N) is 1. The van der Waals surface area contributed by atoms with Gasteiger partial charge in [0.15, 0.2) is 4.34 Å². The van der Waals surface area contributed by atoms with E-state index in [0.717, 1.165) is 32.4 Å². The van der Waals surface area contributed by atoms with Gasteiger partial charge in [-0.05, 0) is 31.9 Å². The molecule has 5 nitrogen and oxygen atoms in total. The van der Waals surface area contributed by atoms with E-state index in [9.17, 15) is 4.79 Å². The Morgan fingerprint density at radius 2 is 2.17 bits per heavy atom. The zero-order chi connectivity index (χ0) is 17.1. The van der Waals surface area contributed by atoms with Gasteiger partial charge in [0.1, 0.15) is 10.7 Å². The van der Waals surface area contributed by atoms with Crippen molar-refractivity contribution in [3.05, 3.63) is 40.5 Å². The number of hydrogen-bond acceptors (Lipinski definition) is 5. The summed E-state index contributed by atoms with van der Waals surface area (Å²) >= 11 is 3.29. The van der Waals surface area contributed by atoms with Crippen LogP contribution in [-0.4, -0.2) is 33.0 Å². The quantitative estimate of drug-likeness (QED) is 0.539. The predicted molar refractivity (Wildman–Crippen MR) is 100.0 cm³/mol. The number of aromatic nitrogens is 3. The van der Waals surface area contributed by atoms with Crippen LogP contribution in [0.2, 0.25) is 0 Å². The van der Waals surface area contributed by atoms with Crippen molar-refractivity contribution >= 4 is 39.9 Å². The largest absolute Gasteiger partial charge is 0.351 e. The normalized spacial score (nSPS) is 11.1. The maximum absolute atomic E-state index is 12.4. The molecule has 0 radical (unpaired) electrons. The van der Waals surface area contributed by atoms with Crippen LogP contribution in [0.3, 0.4) is 0 Å². The molecular weight excluding hydrogens is 340 g/mol. The third-order valence-corrected chi connectivity index (χ3v) is 5.89. The van der Waals surface area contributed by atoms with Gasteiger partial charge in [0.2, 0.25) is 0 Å². The minimum absolute atomic E-state index is 0.0233. The summed E-state index contributed by atoms with van der Waals surface area (Å²) in [4.78, 5) is 12.4. The Kier molecular flexibility index (Phi) is 5.20. The molecule has 2 heterocycles. The maximum Gasteiger partial charge on any atom is 0.267 e. The van der Waals surface area contributed by atoms with Gasteiger partial charge in [-0.15, -0.1) is 10.2 Å². The first-order valence-electron chi connectivity index (χ1n) is 7.82. The van der Waals surface area contributed by atoms with E-state index in [4.69, 9.17) is 0 Å². The van der Waals surface area contributed by atoms with Gasteiger partial charge < -0.3 is 9.88 Å². The molecule has 3 rings (SSSR count). The summed E-state index contributed by atoms with van der Waals surface area (Å²) in [6.07, 6.45) is 0.901. The number of thioether (sulfide) groups is 1. The number of nitrogens with zero attached hydrogens (tertiary/aromatic N) is 3. The Morgan fingerprint density at radius 3 is 2.88 bits per heavy atom. The van der Waals surface area contributed by atoms with Crippen LogP contribution in [0.25, 0.3) is 10.9 Å². The molecule has 0 atom stereocenters. The Labute approximate surface area is 149 Å². The highest BCUT2D eigenvalue weighted by atomic mass is 32.2. The average Bonchev–Trinajstić information content (AvgIpc) is 3.11. The van der Waals surface area contributed by atoms with Crippen molar-refractivity contribution in [3.8, 4) is 0 Å². The fourth-order valence-electron chi connectivity index (χ4n) is 2.70. The topological polar surface area (TPSA) is 59.8 Å². The van der Waals surface area contributed by atoms with Crippen LogP contribution in [0, 0.1) is 13.8 Å². The van der Waals surface area contributed by atoms with Crippen molar-refractivity contribution in [2.24, 2.45) is 7.05 Å². The van der Waals surface area contributed by atoms with E-state index in [1.807, 2.05) is 36.7 Å². The van der Waals surface area contributed by atoms with Crippen molar-refractivity contribution in [2.75, 3.05) is 12.3 Å². The van der Waals surface area contributed by atoms with E-state index < -0.39 is 0 Å². The summed E-state index contributed by atoms with van der Waals surface area (Å²) in [5, 5.41) is 13.2. The van der Waals surface area contributed by atoms with Crippen molar-refractivity contribution in [3.63, 3.8) is 0 Å². The second-order valence-corrected chi connectivity index (χ2v) is 8.17. The first kappa shape index (κ1) is 17.0. The van der Waals surface area contributed by atoms with E-state index in [0.29, 0.717) is 12.2 Å². The molecule has 3 aromatic rings. The Hall–Kier alpha value is -1.86. The highest BCUT2D eigenvalue weighted by molar-refractivity contribution is 8.01. The zero-order valence-corrected chi connectivity index (χ0v) is 15.6. The SMILES string of the molecule is Cc1nnc(SCCCNC(=O)c2cc3cccc(C)c3n2C)s1. The second kappa shape index (κ2) is 7.36. The van der Waals surface area contributed by atoms with Crippen LogP contribution < -0.4 is 5.32 Å². The minimum atomic E-state index is -0.0233. The van der Waals surface area contributed by atoms with E-state index in [1.165, 1.54) is 5.56 Å². The molecule has 1 aromatic carbocycles. The molecule has 0 saturated heterocycles. The molecule has 2 aromatic heterocycles. The Balaban J connectivity index is 1.54. The van der Waals surface area contributed by atoms with Gasteiger partial charge in [-0.25, -0.2) is 0 Å². The van der Waals surface area contributed by atoms with Gasteiger partial charge in [0, 0.05) is 24.7 Å². The molecule has 1 amide bonds. The summed E-state index contributed by atoms with van der Waals surface area (Å²) < 4.78 is 2.96. The lowest BCUT2D eigenvalue weighted by molar-refractivity contribution is 0.0946. The molecule has 1 N–H and O–H groups in total. The number of para-hydroxylation sites is 1. The third-order valence-electron chi connectivity index (χ3n) is 3.83. The van der Waals surface area contributed by atoms with E-state index in [2.05, 4.69) is 28.5 Å². The fraction of sp³-hybridized carbons (Fsp3) is 0.353. The van der Waals surface area contributed by atoms with Gasteiger partial charge in [0.05, 0.1) is 5.52 Å². The summed E-state index contributed by atoms with van der Waals surface area (Å²) in [5.41, 5.74) is 2.99. The molecule has 0 spiro atoms. The van der Waals surface area contributed by atoms with Crippen molar-refractivity contribution in [1.29, 1.82) is 0 Å². The minimum Gasteiger partial charge on any atom is -0.351 e. The first-order valence-corrected chi connectivity index (χ1v) is 9.62. The number of carbonyl (C=O) groups excluding carboxylic acids is 1. The first-order chi connectivity index (χ1) is 11.6. The van der Waals surface area contributed by atoms with Crippen molar-refractivity contribution in [2.45, 2.75) is 24.6 Å². The van der Waals surface area contributed by atoms with Gasteiger partial charge in [-0.3, -0.25) is 4.79 Å². The number of benzene rings is 1. The van der Waals surface area contributed by atoms with Crippen LogP contribution in [0.15, 0.2) is 28.6 Å². The van der Waals surface area contributed by atoms with Gasteiger partial charge in [0.25, 0.3) is 5.91 Å². The van der Waals surface area contributed by atoms with Crippen LogP contribution in [0.1, 0.15) is 27.5 Å². The molecule has 7 heteroatoms. The van der Waals surface area contributed by atoms with E-state index in [-0.39, 0.29) is 5.91 Å². The molecule has 0 bridgehead atoms. The lowest BCUT2D eigenvalue weighted by atomic mass is 10.2. The fourth-order valence-corrected chi connectivity index (χ4v) is 4.52. The second-order valence-electron chi connectivity index (χ2n) is 5.65. The molecule has 0 saturated carbocycles. The van der Waals surface area contributed by atoms with Gasteiger partial charge in [-0.1, -0.05) is 41.3 Å². The Bertz CT molecular complexity index is 869. The molecule has 24 heavy (non-hydrogen) atoms. The van der Waals surface area contributed by atoms with Crippen LogP contribution in [-0.2, 0) is 7.05 Å². The summed E-state index contributed by atoms with van der Waals surface area (Å²) in [6.45, 7) is 4.67. The highest BCUT2D eigenvalue weighted by Crippen LogP contribution is 2.23. The summed E-state index contributed by atoms with van der Waals surface area (Å²) in [7, 11) is 1.94. The molecule has 126 valence electrons. The zero-order valence-electron chi connectivity index (χ0n) is 14.0. The molecule has 0 unspecified atom stereocenters. The average molecular weight is 361 g/mol. The van der Waals surface area contributed by atoms with Crippen molar-refractivity contribution < 1.29 is 4.79 Å². The van der Waals surface area contributed by atoms with Gasteiger partial charge >= 0.3 is 0 Å². The highest BCUT2D eigenvalue weighted by Gasteiger charge is 2.13. The lowest BCUT2D eigenvalue weighted by Crippen LogP contribution is -2.26. The van der Waals surface area contributed by atoms with Gasteiger partial charge in [-0.2, -0.15) is 0 Å². The number of hydrogen-bond donors (Lipinski definition) is 1. The monoisotopic (exact) mass is 360 g/mol. The van der Waals surface area contributed by atoms with Crippen LogP contribution >= 0.6 is 23.1 Å². The molecule has 0 aliphatic carbocycles.